The topological polar surface area (TPSA) is 78.5 Å². The fraction of sp³-hybridized carbons (Fsp3) is 0.381. The van der Waals surface area contributed by atoms with Crippen LogP contribution in [0, 0.1) is 5.41 Å². The SMILES string of the molecule is O=C1CC[C@]2(C(=O)NCc3ccccc3)CN(C(=O)c3ccsc3)CC[C@H]2N1. The van der Waals surface area contributed by atoms with Crippen molar-refractivity contribution in [2.24, 2.45) is 5.41 Å². The monoisotopic (exact) mass is 397 g/mol. The lowest BCUT2D eigenvalue weighted by Gasteiger charge is -2.49. The number of nitrogens with zero attached hydrogens (tertiary/aromatic N) is 1. The van der Waals surface area contributed by atoms with E-state index in [1.807, 2.05) is 47.2 Å². The number of likely N-dealkylation sites (tertiary alicyclic amines) is 1. The van der Waals surface area contributed by atoms with Crippen molar-refractivity contribution in [3.05, 3.63) is 58.3 Å². The Balaban J connectivity index is 1.54. The van der Waals surface area contributed by atoms with Gasteiger partial charge in [-0.05, 0) is 29.9 Å². The highest BCUT2D eigenvalue weighted by Gasteiger charge is 2.52. The third-order valence-corrected chi connectivity index (χ3v) is 6.45. The van der Waals surface area contributed by atoms with Gasteiger partial charge in [0.1, 0.15) is 0 Å². The molecule has 146 valence electrons. The summed E-state index contributed by atoms with van der Waals surface area (Å²) in [6.07, 6.45) is 1.34. The van der Waals surface area contributed by atoms with Crippen molar-refractivity contribution in [3.63, 3.8) is 0 Å². The Kier molecular flexibility index (Phi) is 5.17. The van der Waals surface area contributed by atoms with Crippen LogP contribution < -0.4 is 10.6 Å². The molecule has 2 aliphatic heterocycles. The highest BCUT2D eigenvalue weighted by molar-refractivity contribution is 7.08. The molecule has 7 heteroatoms. The molecule has 0 spiro atoms. The van der Waals surface area contributed by atoms with Crippen LogP contribution >= 0.6 is 11.3 Å². The Hall–Kier alpha value is -2.67. The average molecular weight is 398 g/mol. The van der Waals surface area contributed by atoms with Crippen LogP contribution in [0.5, 0.6) is 0 Å². The number of thiophene rings is 1. The number of hydrogen-bond donors (Lipinski definition) is 2. The van der Waals surface area contributed by atoms with E-state index in [4.69, 9.17) is 0 Å². The van der Waals surface area contributed by atoms with E-state index < -0.39 is 5.41 Å². The quantitative estimate of drug-likeness (QED) is 0.830. The Morgan fingerprint density at radius 1 is 1.25 bits per heavy atom. The van der Waals surface area contributed by atoms with Gasteiger partial charge in [-0.15, -0.1) is 0 Å². The maximum absolute atomic E-state index is 13.3. The minimum atomic E-state index is -0.785. The molecule has 1 aromatic heterocycles. The van der Waals surface area contributed by atoms with Gasteiger partial charge in [-0.25, -0.2) is 0 Å². The molecule has 2 saturated heterocycles. The lowest BCUT2D eigenvalue weighted by Crippen LogP contribution is -2.66. The van der Waals surface area contributed by atoms with Crippen molar-refractivity contribution in [2.45, 2.75) is 31.8 Å². The lowest BCUT2D eigenvalue weighted by molar-refractivity contribution is -0.142. The zero-order valence-corrected chi connectivity index (χ0v) is 16.3. The molecular formula is C21H23N3O3S. The van der Waals surface area contributed by atoms with Crippen LogP contribution in [0.25, 0.3) is 0 Å². The first-order valence-electron chi connectivity index (χ1n) is 9.51. The number of nitrogens with one attached hydrogen (secondary N) is 2. The smallest absolute Gasteiger partial charge is 0.254 e. The van der Waals surface area contributed by atoms with Crippen LogP contribution in [0.2, 0.25) is 0 Å². The first-order chi connectivity index (χ1) is 13.6. The molecule has 0 radical (unpaired) electrons. The second-order valence-corrected chi connectivity index (χ2v) is 8.25. The summed E-state index contributed by atoms with van der Waals surface area (Å²) in [6.45, 7) is 1.29. The number of carbonyl (C=O) groups excluding carboxylic acids is 3. The van der Waals surface area contributed by atoms with Gasteiger partial charge in [-0.2, -0.15) is 11.3 Å². The van der Waals surface area contributed by atoms with Gasteiger partial charge in [0.25, 0.3) is 5.91 Å². The van der Waals surface area contributed by atoms with E-state index in [-0.39, 0.29) is 23.8 Å². The molecule has 3 heterocycles. The number of benzene rings is 1. The summed E-state index contributed by atoms with van der Waals surface area (Å²) in [4.78, 5) is 39.9. The number of piperidine rings is 2. The molecule has 28 heavy (non-hydrogen) atoms. The van der Waals surface area contributed by atoms with E-state index in [0.29, 0.717) is 44.5 Å². The van der Waals surface area contributed by atoms with Gasteiger partial charge in [0, 0.05) is 37.5 Å². The van der Waals surface area contributed by atoms with E-state index >= 15 is 0 Å². The second-order valence-electron chi connectivity index (χ2n) is 7.47. The summed E-state index contributed by atoms with van der Waals surface area (Å²) < 4.78 is 0. The molecule has 6 nitrogen and oxygen atoms in total. The van der Waals surface area contributed by atoms with Crippen LogP contribution in [0.1, 0.15) is 35.2 Å². The molecule has 2 atom stereocenters. The van der Waals surface area contributed by atoms with E-state index in [9.17, 15) is 14.4 Å². The van der Waals surface area contributed by atoms with Gasteiger partial charge in [-0.1, -0.05) is 30.3 Å². The van der Waals surface area contributed by atoms with Crippen molar-refractivity contribution < 1.29 is 14.4 Å². The highest BCUT2D eigenvalue weighted by Crippen LogP contribution is 2.38. The summed E-state index contributed by atoms with van der Waals surface area (Å²) >= 11 is 1.48. The van der Waals surface area contributed by atoms with Gasteiger partial charge in [0.05, 0.1) is 11.0 Å². The largest absolute Gasteiger partial charge is 0.352 e. The third-order valence-electron chi connectivity index (χ3n) is 5.76. The van der Waals surface area contributed by atoms with Crippen LogP contribution in [0.4, 0.5) is 0 Å². The van der Waals surface area contributed by atoms with E-state index in [2.05, 4.69) is 10.6 Å². The summed E-state index contributed by atoms with van der Waals surface area (Å²) in [5.74, 6) is -0.162. The zero-order chi connectivity index (χ0) is 19.6. The molecule has 0 saturated carbocycles. The lowest BCUT2D eigenvalue weighted by atomic mass is 9.69. The first-order valence-corrected chi connectivity index (χ1v) is 10.5. The average Bonchev–Trinajstić information content (AvgIpc) is 3.26. The van der Waals surface area contributed by atoms with Crippen LogP contribution in [-0.4, -0.2) is 41.8 Å². The zero-order valence-electron chi connectivity index (χ0n) is 15.5. The molecule has 2 aliphatic rings. The Morgan fingerprint density at radius 2 is 2.07 bits per heavy atom. The molecule has 3 amide bonds. The highest BCUT2D eigenvalue weighted by atomic mass is 32.1. The normalized spacial score (nSPS) is 24.2. The molecule has 4 rings (SSSR count). The Morgan fingerprint density at radius 3 is 2.82 bits per heavy atom. The Labute approximate surface area is 167 Å². The van der Waals surface area contributed by atoms with Crippen molar-refractivity contribution in [1.82, 2.24) is 15.5 Å². The Bertz CT molecular complexity index is 868. The number of carbonyl (C=O) groups is 3. The summed E-state index contributed by atoms with van der Waals surface area (Å²) in [5.41, 5.74) is 0.890. The molecule has 0 unspecified atom stereocenters. The number of hydrogen-bond acceptors (Lipinski definition) is 4. The molecule has 2 aromatic rings. The molecule has 0 bridgehead atoms. The summed E-state index contributed by atoms with van der Waals surface area (Å²) in [5, 5.41) is 9.75. The van der Waals surface area contributed by atoms with Gasteiger partial charge >= 0.3 is 0 Å². The predicted molar refractivity (Wildman–Crippen MR) is 107 cm³/mol. The summed E-state index contributed by atoms with van der Waals surface area (Å²) in [7, 11) is 0. The molecule has 1 aromatic carbocycles. The van der Waals surface area contributed by atoms with Gasteiger partial charge in [0.2, 0.25) is 11.8 Å². The maximum atomic E-state index is 13.3. The van der Waals surface area contributed by atoms with Gasteiger partial charge in [-0.3, -0.25) is 14.4 Å². The second kappa shape index (κ2) is 7.75. The minimum absolute atomic E-state index is 0.0194. The standard InChI is InChI=1S/C21H23N3O3S/c25-18-6-9-21(20(27)22-12-15-4-2-1-3-5-15)14-24(10-7-17(21)23-18)19(26)16-8-11-28-13-16/h1-5,8,11,13,17H,6-7,9-10,12,14H2,(H,22,27)(H,23,25)/t17-,21+/m1/s1. The molecular weight excluding hydrogens is 374 g/mol. The molecule has 2 N–H and O–H groups in total. The van der Waals surface area contributed by atoms with Crippen molar-refractivity contribution in [2.75, 3.05) is 13.1 Å². The predicted octanol–water partition coefficient (Wildman–Crippen LogP) is 2.18. The van der Waals surface area contributed by atoms with E-state index in [1.165, 1.54) is 11.3 Å². The number of fused-ring (bicyclic) bond motifs is 1. The van der Waals surface area contributed by atoms with Crippen LogP contribution in [0.15, 0.2) is 47.2 Å². The molecule has 0 aliphatic carbocycles. The van der Waals surface area contributed by atoms with Crippen LogP contribution in [0.3, 0.4) is 0 Å². The minimum Gasteiger partial charge on any atom is -0.352 e. The summed E-state index contributed by atoms with van der Waals surface area (Å²) in [6, 6.07) is 11.3. The number of amides is 3. The van der Waals surface area contributed by atoms with Crippen molar-refractivity contribution in [1.29, 1.82) is 0 Å². The third kappa shape index (κ3) is 3.54. The van der Waals surface area contributed by atoms with Crippen LogP contribution in [-0.2, 0) is 16.1 Å². The van der Waals surface area contributed by atoms with Gasteiger partial charge < -0.3 is 15.5 Å². The van der Waals surface area contributed by atoms with Crippen molar-refractivity contribution in [3.8, 4) is 0 Å². The van der Waals surface area contributed by atoms with E-state index in [1.54, 1.807) is 4.90 Å². The molecule has 2 fully saturated rings. The van der Waals surface area contributed by atoms with Gasteiger partial charge in [0.15, 0.2) is 0 Å². The number of rotatable bonds is 4. The first kappa shape index (κ1) is 18.7. The fourth-order valence-electron chi connectivity index (χ4n) is 4.20. The maximum Gasteiger partial charge on any atom is 0.254 e. The fourth-order valence-corrected chi connectivity index (χ4v) is 4.83. The van der Waals surface area contributed by atoms with E-state index in [0.717, 1.165) is 5.56 Å². The van der Waals surface area contributed by atoms with Crippen molar-refractivity contribution >= 4 is 29.1 Å².